The third kappa shape index (κ3) is 3.91. The topological polar surface area (TPSA) is 33.6 Å². The Hall–Kier alpha value is -6.37. The molecule has 0 bridgehead atoms. The summed E-state index contributed by atoms with van der Waals surface area (Å²) in [6, 6.07) is 60.1. The van der Waals surface area contributed by atoms with Gasteiger partial charge in [-0.15, -0.1) is 0 Å². The summed E-state index contributed by atoms with van der Waals surface area (Å²) in [5.41, 5.74) is 11.9. The van der Waals surface area contributed by atoms with Gasteiger partial charge in [0.1, 0.15) is 0 Å². The molecule has 0 aliphatic rings. The lowest BCUT2D eigenvalue weighted by atomic mass is 9.92. The van der Waals surface area contributed by atoms with E-state index in [0.717, 1.165) is 44.7 Å². The third-order valence-corrected chi connectivity index (χ3v) is 9.16. The summed E-state index contributed by atoms with van der Waals surface area (Å²) < 4.78 is 4.66. The molecule has 9 aromatic rings. The van der Waals surface area contributed by atoms with Crippen LogP contribution in [-0.2, 0) is 0 Å². The van der Waals surface area contributed by atoms with E-state index in [1.54, 1.807) is 0 Å². The highest BCUT2D eigenvalue weighted by Crippen LogP contribution is 2.41. The van der Waals surface area contributed by atoms with Crippen LogP contribution in [0.15, 0.2) is 164 Å². The lowest BCUT2D eigenvalue weighted by Gasteiger charge is -2.17. The zero-order valence-electron chi connectivity index (χ0n) is 24.9. The molecule has 3 heteroatoms. The average Bonchev–Trinajstić information content (AvgIpc) is 3.64. The fourth-order valence-electron chi connectivity index (χ4n) is 7.16. The summed E-state index contributed by atoms with van der Waals surface area (Å²) >= 11 is 0. The van der Waals surface area contributed by atoms with Crippen LogP contribution >= 0.6 is 0 Å². The molecule has 3 nitrogen and oxygen atoms in total. The summed E-state index contributed by atoms with van der Waals surface area (Å²) in [5, 5.41) is 14.8. The van der Waals surface area contributed by atoms with Crippen LogP contribution in [0.5, 0.6) is 0 Å². The van der Waals surface area contributed by atoms with Gasteiger partial charge in [-0.25, -0.2) is 0 Å². The molecule has 0 aliphatic heterocycles. The summed E-state index contributed by atoms with van der Waals surface area (Å²) in [5.74, 6) is 0. The van der Waals surface area contributed by atoms with Crippen molar-refractivity contribution in [1.29, 1.82) is 5.26 Å². The number of rotatable bonds is 4. The van der Waals surface area contributed by atoms with Crippen molar-refractivity contribution in [2.24, 2.45) is 0 Å². The van der Waals surface area contributed by atoms with Gasteiger partial charge in [0.25, 0.3) is 0 Å². The van der Waals surface area contributed by atoms with Gasteiger partial charge in [-0.2, -0.15) is 5.26 Å². The number of hydrogen-bond donors (Lipinski definition) is 0. The Kier molecular flexibility index (Phi) is 5.88. The van der Waals surface area contributed by atoms with Crippen LogP contribution in [0.1, 0.15) is 5.56 Å². The molecule has 0 radical (unpaired) electrons. The van der Waals surface area contributed by atoms with Gasteiger partial charge in [0, 0.05) is 32.8 Å². The maximum absolute atomic E-state index is 9.99. The minimum atomic E-state index is 0.633. The molecule has 0 unspecified atom stereocenters. The predicted molar refractivity (Wildman–Crippen MR) is 191 cm³/mol. The second-order valence-corrected chi connectivity index (χ2v) is 11.7. The highest BCUT2D eigenvalue weighted by atomic mass is 15.0. The van der Waals surface area contributed by atoms with Gasteiger partial charge in [0.05, 0.1) is 39.4 Å². The van der Waals surface area contributed by atoms with E-state index in [-0.39, 0.29) is 0 Å². The van der Waals surface area contributed by atoms with Crippen molar-refractivity contribution < 1.29 is 0 Å². The Morgan fingerprint density at radius 3 is 1.61 bits per heavy atom. The first-order chi connectivity index (χ1) is 22.8. The molecule has 0 saturated heterocycles. The van der Waals surface area contributed by atoms with Crippen molar-refractivity contribution in [1.82, 2.24) is 9.13 Å². The number of nitrogens with zero attached hydrogens (tertiary/aromatic N) is 3. The van der Waals surface area contributed by atoms with Crippen LogP contribution in [0.3, 0.4) is 0 Å². The molecule has 0 saturated carbocycles. The highest BCUT2D eigenvalue weighted by Gasteiger charge is 2.19. The Bertz CT molecular complexity index is 2600. The van der Waals surface area contributed by atoms with Gasteiger partial charge in [0.15, 0.2) is 0 Å². The summed E-state index contributed by atoms with van der Waals surface area (Å²) in [4.78, 5) is 0. The van der Waals surface area contributed by atoms with Gasteiger partial charge >= 0.3 is 0 Å². The lowest BCUT2D eigenvalue weighted by molar-refractivity contribution is 1.18. The third-order valence-electron chi connectivity index (χ3n) is 9.16. The summed E-state index contributed by atoms with van der Waals surface area (Å²) in [6.45, 7) is 0. The first-order valence-electron chi connectivity index (χ1n) is 15.5. The summed E-state index contributed by atoms with van der Waals surface area (Å²) in [7, 11) is 0. The molecular formula is C43H27N3. The number of nitriles is 1. The minimum Gasteiger partial charge on any atom is -0.309 e. The van der Waals surface area contributed by atoms with E-state index in [2.05, 4.69) is 167 Å². The standard InChI is InChI=1S/C43H27N3/c44-28-29-22-24-37(43(26-29)46-40-20-10-6-16-34(40)35-17-7-11-21-41(35)46)33-15-5-4-14-32(33)30-23-25-42-38(27-30)36-18-8-9-19-39(36)45(42)31-12-2-1-3-13-31/h1-27H. The number of aromatic nitrogens is 2. The van der Waals surface area contributed by atoms with E-state index in [4.69, 9.17) is 0 Å². The smallest absolute Gasteiger partial charge is 0.0992 e. The Balaban J connectivity index is 1.30. The zero-order chi connectivity index (χ0) is 30.6. The van der Waals surface area contributed by atoms with Crippen molar-refractivity contribution in [2.75, 3.05) is 0 Å². The molecule has 9 rings (SSSR count). The summed E-state index contributed by atoms with van der Waals surface area (Å²) in [6.07, 6.45) is 0. The molecule has 0 fully saturated rings. The van der Waals surface area contributed by atoms with Crippen LogP contribution in [0.25, 0.3) is 77.2 Å². The SMILES string of the molecule is N#Cc1ccc(-c2ccccc2-c2ccc3c(c2)c2ccccc2n3-c2ccccc2)c(-n2c3ccccc3c3ccccc32)c1. The molecule has 0 aliphatic carbocycles. The predicted octanol–water partition coefficient (Wildman–Crippen LogP) is 11.1. The number of para-hydroxylation sites is 4. The van der Waals surface area contributed by atoms with E-state index in [1.165, 1.54) is 32.6 Å². The minimum absolute atomic E-state index is 0.633. The molecule has 7 aromatic carbocycles. The van der Waals surface area contributed by atoms with Crippen molar-refractivity contribution in [2.45, 2.75) is 0 Å². The first kappa shape index (κ1) is 26.1. The average molecular weight is 586 g/mol. The first-order valence-corrected chi connectivity index (χ1v) is 15.5. The van der Waals surface area contributed by atoms with Crippen LogP contribution < -0.4 is 0 Å². The highest BCUT2D eigenvalue weighted by molar-refractivity contribution is 6.12. The molecule has 0 atom stereocenters. The second kappa shape index (κ2) is 10.4. The van der Waals surface area contributed by atoms with Gasteiger partial charge in [-0.05, 0) is 71.3 Å². The molecule has 2 aromatic heterocycles. The van der Waals surface area contributed by atoms with Crippen molar-refractivity contribution >= 4 is 43.6 Å². The number of fused-ring (bicyclic) bond motifs is 6. The molecular weight excluding hydrogens is 558 g/mol. The monoisotopic (exact) mass is 585 g/mol. The second-order valence-electron chi connectivity index (χ2n) is 11.7. The van der Waals surface area contributed by atoms with Gasteiger partial charge in [-0.3, -0.25) is 0 Å². The van der Waals surface area contributed by atoms with Gasteiger partial charge < -0.3 is 9.13 Å². The zero-order valence-corrected chi connectivity index (χ0v) is 24.9. The molecule has 46 heavy (non-hydrogen) atoms. The van der Waals surface area contributed by atoms with Crippen LogP contribution in [0, 0.1) is 11.3 Å². The van der Waals surface area contributed by atoms with E-state index in [9.17, 15) is 5.26 Å². The van der Waals surface area contributed by atoms with Crippen molar-refractivity contribution in [3.63, 3.8) is 0 Å². The fourth-order valence-corrected chi connectivity index (χ4v) is 7.16. The van der Waals surface area contributed by atoms with E-state index >= 15 is 0 Å². The van der Waals surface area contributed by atoms with Crippen LogP contribution in [0.4, 0.5) is 0 Å². The largest absolute Gasteiger partial charge is 0.309 e. The maximum atomic E-state index is 9.99. The normalized spacial score (nSPS) is 11.5. The molecule has 2 heterocycles. The van der Waals surface area contributed by atoms with Gasteiger partial charge in [-0.1, -0.05) is 109 Å². The Labute approximate surface area is 266 Å². The van der Waals surface area contributed by atoms with Gasteiger partial charge in [0.2, 0.25) is 0 Å². The number of benzene rings is 7. The quantitative estimate of drug-likeness (QED) is 0.202. The molecule has 214 valence electrons. The Morgan fingerprint density at radius 2 is 0.935 bits per heavy atom. The Morgan fingerprint density at radius 1 is 0.391 bits per heavy atom. The van der Waals surface area contributed by atoms with Crippen molar-refractivity contribution in [3.05, 3.63) is 169 Å². The van der Waals surface area contributed by atoms with E-state index in [0.29, 0.717) is 5.56 Å². The molecule has 0 N–H and O–H groups in total. The molecule has 0 spiro atoms. The maximum Gasteiger partial charge on any atom is 0.0992 e. The lowest BCUT2D eigenvalue weighted by Crippen LogP contribution is -1.99. The number of hydrogen-bond acceptors (Lipinski definition) is 1. The molecule has 0 amide bonds. The van der Waals surface area contributed by atoms with Crippen LogP contribution in [0.2, 0.25) is 0 Å². The van der Waals surface area contributed by atoms with E-state index < -0.39 is 0 Å². The fraction of sp³-hybridized carbons (Fsp3) is 0. The van der Waals surface area contributed by atoms with Crippen LogP contribution in [-0.4, -0.2) is 9.13 Å². The van der Waals surface area contributed by atoms with E-state index in [1.807, 2.05) is 12.1 Å². The van der Waals surface area contributed by atoms with Crippen molar-refractivity contribution in [3.8, 4) is 39.7 Å².